The number of hydrogen-bond donors (Lipinski definition) is 0. The summed E-state index contributed by atoms with van der Waals surface area (Å²) in [7, 11) is 1.55. The molecule has 44 heavy (non-hydrogen) atoms. The molecule has 0 radical (unpaired) electrons. The van der Waals surface area contributed by atoms with E-state index in [1.165, 1.54) is 16.7 Å². The molecule has 5 aromatic rings. The van der Waals surface area contributed by atoms with Crippen molar-refractivity contribution >= 4 is 34.8 Å². The van der Waals surface area contributed by atoms with E-state index in [9.17, 15) is 19.7 Å². The normalized spacial score (nSPS) is 14.6. The molecule has 11 heteroatoms. The molecule has 0 amide bonds. The molecule has 1 unspecified atom stereocenters. The number of esters is 1. The Bertz CT molecular complexity index is 2110. The van der Waals surface area contributed by atoms with Crippen LogP contribution in [0.25, 0.3) is 23.1 Å². The highest BCUT2D eigenvalue weighted by Crippen LogP contribution is 2.36. The third kappa shape index (κ3) is 5.36. The molecule has 6 rings (SSSR count). The van der Waals surface area contributed by atoms with Gasteiger partial charge in [-0.2, -0.15) is 0 Å². The number of hydrogen-bond acceptors (Lipinski definition) is 9. The molecule has 10 nitrogen and oxygen atoms in total. The Hall–Kier alpha value is -5.55. The maximum atomic E-state index is 14.1. The molecule has 0 spiro atoms. The van der Waals surface area contributed by atoms with Gasteiger partial charge in [-0.1, -0.05) is 65.9 Å². The second kappa shape index (κ2) is 12.0. The predicted molar refractivity (Wildman–Crippen MR) is 165 cm³/mol. The fourth-order valence-corrected chi connectivity index (χ4v) is 6.04. The van der Waals surface area contributed by atoms with E-state index in [0.29, 0.717) is 49.0 Å². The smallest absolute Gasteiger partial charge is 0.338 e. The van der Waals surface area contributed by atoms with E-state index in [-0.39, 0.29) is 23.4 Å². The highest BCUT2D eigenvalue weighted by Gasteiger charge is 2.35. The van der Waals surface area contributed by atoms with Gasteiger partial charge in [-0.25, -0.2) is 9.79 Å². The van der Waals surface area contributed by atoms with Gasteiger partial charge in [0.15, 0.2) is 4.80 Å². The minimum atomic E-state index is -0.852. The van der Waals surface area contributed by atoms with Crippen LogP contribution in [0.3, 0.4) is 0 Å². The average molecular weight is 608 g/mol. The van der Waals surface area contributed by atoms with Gasteiger partial charge in [-0.15, -0.1) is 0 Å². The van der Waals surface area contributed by atoms with Crippen LogP contribution in [0.5, 0.6) is 5.75 Å². The first-order chi connectivity index (χ1) is 21.4. The van der Waals surface area contributed by atoms with Gasteiger partial charge in [0, 0.05) is 29.3 Å². The van der Waals surface area contributed by atoms with Crippen molar-refractivity contribution < 1.29 is 23.6 Å². The Balaban J connectivity index is 1.55. The summed E-state index contributed by atoms with van der Waals surface area (Å²) in [5.74, 6) is 0.778. The number of ether oxygens (including phenoxy) is 2. The van der Waals surface area contributed by atoms with Crippen molar-refractivity contribution in [3.05, 3.63) is 143 Å². The lowest BCUT2D eigenvalue weighted by atomic mass is 9.93. The second-order valence-corrected chi connectivity index (χ2v) is 10.7. The van der Waals surface area contributed by atoms with Crippen LogP contribution >= 0.6 is 11.3 Å². The number of nitrogens with zero attached hydrogens (tertiary/aromatic N) is 3. The van der Waals surface area contributed by atoms with Crippen molar-refractivity contribution in [2.24, 2.45) is 4.99 Å². The Morgan fingerprint density at radius 3 is 2.57 bits per heavy atom. The van der Waals surface area contributed by atoms with Gasteiger partial charge < -0.3 is 13.9 Å². The molecule has 1 aliphatic rings. The fourth-order valence-electron chi connectivity index (χ4n) is 5.05. The first kappa shape index (κ1) is 28.6. The minimum Gasteiger partial charge on any atom is -0.497 e. The summed E-state index contributed by atoms with van der Waals surface area (Å²) in [5, 5.41) is 11.2. The van der Waals surface area contributed by atoms with Crippen molar-refractivity contribution in [1.82, 2.24) is 4.57 Å². The Morgan fingerprint density at radius 1 is 1.05 bits per heavy atom. The van der Waals surface area contributed by atoms with Gasteiger partial charge >= 0.3 is 5.97 Å². The SMILES string of the molecule is CCOC(=O)C1=C(c2ccccc2)N=c2s/c(=C\c3ccc(-c4cccc([N+](=O)[O-])c4)o3)c(=O)n2C1c1cccc(OC)c1. The summed E-state index contributed by atoms with van der Waals surface area (Å²) >= 11 is 1.16. The molecular weight excluding hydrogens is 582 g/mol. The van der Waals surface area contributed by atoms with Crippen LogP contribution in [0.4, 0.5) is 5.69 Å². The van der Waals surface area contributed by atoms with Crippen LogP contribution in [-0.4, -0.2) is 29.2 Å². The zero-order valence-electron chi connectivity index (χ0n) is 23.6. The summed E-state index contributed by atoms with van der Waals surface area (Å²) in [6.07, 6.45) is 1.60. The lowest BCUT2D eigenvalue weighted by molar-refractivity contribution is -0.384. The molecular formula is C33H25N3O7S. The van der Waals surface area contributed by atoms with Crippen LogP contribution in [0, 0.1) is 10.1 Å². The third-order valence-corrected chi connectivity index (χ3v) is 8.01. The number of nitro benzene ring substituents is 1. The zero-order valence-corrected chi connectivity index (χ0v) is 24.4. The number of methoxy groups -OCH3 is 1. The van der Waals surface area contributed by atoms with E-state index < -0.39 is 16.9 Å². The molecule has 1 atom stereocenters. The quantitative estimate of drug-likeness (QED) is 0.136. The van der Waals surface area contributed by atoms with Crippen LogP contribution in [0.15, 0.2) is 111 Å². The Kier molecular flexibility index (Phi) is 7.78. The Labute approximate surface area is 254 Å². The van der Waals surface area contributed by atoms with Crippen molar-refractivity contribution in [2.75, 3.05) is 13.7 Å². The molecule has 1 aliphatic heterocycles. The van der Waals surface area contributed by atoms with E-state index in [4.69, 9.17) is 18.9 Å². The highest BCUT2D eigenvalue weighted by molar-refractivity contribution is 7.07. The Morgan fingerprint density at radius 2 is 1.82 bits per heavy atom. The number of furan rings is 1. The van der Waals surface area contributed by atoms with Crippen LogP contribution in [-0.2, 0) is 9.53 Å². The van der Waals surface area contributed by atoms with Gasteiger partial charge in [0.2, 0.25) is 0 Å². The van der Waals surface area contributed by atoms with Gasteiger partial charge in [0.1, 0.15) is 17.3 Å². The number of fused-ring (bicyclic) bond motifs is 1. The molecule has 2 aromatic heterocycles. The highest BCUT2D eigenvalue weighted by atomic mass is 32.1. The molecule has 3 aromatic carbocycles. The van der Waals surface area contributed by atoms with E-state index >= 15 is 0 Å². The molecule has 220 valence electrons. The number of thiazole rings is 1. The number of benzene rings is 3. The van der Waals surface area contributed by atoms with Crippen molar-refractivity contribution in [3.8, 4) is 17.1 Å². The molecule has 0 saturated heterocycles. The monoisotopic (exact) mass is 607 g/mol. The lowest BCUT2D eigenvalue weighted by Gasteiger charge is -2.26. The van der Waals surface area contributed by atoms with Crippen LogP contribution in [0.1, 0.15) is 29.9 Å². The molecule has 0 aliphatic carbocycles. The van der Waals surface area contributed by atoms with Crippen LogP contribution in [0.2, 0.25) is 0 Å². The van der Waals surface area contributed by atoms with Gasteiger partial charge in [-0.3, -0.25) is 19.5 Å². The number of carbonyl (C=O) groups excluding carboxylic acids is 1. The molecule has 0 N–H and O–H groups in total. The van der Waals surface area contributed by atoms with E-state index in [2.05, 4.69) is 0 Å². The second-order valence-electron chi connectivity index (χ2n) is 9.72. The van der Waals surface area contributed by atoms with Gasteiger partial charge in [0.25, 0.3) is 11.2 Å². The number of carbonyl (C=O) groups is 1. The zero-order chi connectivity index (χ0) is 30.8. The van der Waals surface area contributed by atoms with Crippen LogP contribution < -0.4 is 19.6 Å². The maximum absolute atomic E-state index is 14.1. The summed E-state index contributed by atoms with van der Waals surface area (Å²) in [6, 6.07) is 25.1. The molecule has 0 bridgehead atoms. The van der Waals surface area contributed by atoms with Gasteiger partial charge in [-0.05, 0) is 36.8 Å². The first-order valence-corrected chi connectivity index (χ1v) is 14.5. The standard InChI is InChI=1S/C33H25N3O7S/c1-3-42-32(38)28-29(20-9-5-4-6-10-20)34-33-35(30(28)22-12-8-14-24(18-22)41-2)31(37)27(44-33)19-25-15-16-26(43-25)21-11-7-13-23(17-21)36(39)40/h4-19,30H,3H2,1-2H3/b27-19-. The summed E-state index contributed by atoms with van der Waals surface area (Å²) in [6.45, 7) is 1.87. The predicted octanol–water partition coefficient (Wildman–Crippen LogP) is 5.11. The minimum absolute atomic E-state index is 0.0575. The first-order valence-electron chi connectivity index (χ1n) is 13.6. The third-order valence-electron chi connectivity index (χ3n) is 7.02. The number of nitro groups is 1. The maximum Gasteiger partial charge on any atom is 0.338 e. The summed E-state index contributed by atoms with van der Waals surface area (Å²) in [4.78, 5) is 43.7. The molecule has 3 heterocycles. The molecule has 0 saturated carbocycles. The number of aromatic nitrogens is 1. The topological polar surface area (TPSA) is 126 Å². The lowest BCUT2D eigenvalue weighted by Crippen LogP contribution is -2.40. The van der Waals surface area contributed by atoms with E-state index in [1.807, 2.05) is 36.4 Å². The van der Waals surface area contributed by atoms with Gasteiger partial charge in [0.05, 0.1) is 40.5 Å². The van der Waals surface area contributed by atoms with Crippen molar-refractivity contribution in [1.29, 1.82) is 0 Å². The fraction of sp³-hybridized carbons (Fsp3) is 0.121. The number of non-ortho nitro benzene ring substituents is 1. The summed E-state index contributed by atoms with van der Waals surface area (Å²) in [5.41, 5.74) is 2.10. The molecule has 0 fully saturated rings. The average Bonchev–Trinajstić information content (AvgIpc) is 3.64. The van der Waals surface area contributed by atoms with Crippen molar-refractivity contribution in [2.45, 2.75) is 13.0 Å². The van der Waals surface area contributed by atoms with E-state index in [0.717, 1.165) is 11.3 Å². The largest absolute Gasteiger partial charge is 0.497 e. The van der Waals surface area contributed by atoms with Crippen molar-refractivity contribution in [3.63, 3.8) is 0 Å². The summed E-state index contributed by atoms with van der Waals surface area (Å²) < 4.78 is 18.8. The van der Waals surface area contributed by atoms with E-state index in [1.54, 1.807) is 62.6 Å². The number of rotatable bonds is 8.